The molecule has 1 aliphatic carbocycles. The molecule has 2 atom stereocenters. The van der Waals surface area contributed by atoms with Gasteiger partial charge in [-0.25, -0.2) is 0 Å². The lowest BCUT2D eigenvalue weighted by Gasteiger charge is -2.36. The highest BCUT2D eigenvalue weighted by Gasteiger charge is 2.58. The van der Waals surface area contributed by atoms with E-state index in [1.54, 1.807) is 6.92 Å². The van der Waals surface area contributed by atoms with Crippen molar-refractivity contribution in [3.63, 3.8) is 0 Å². The molecule has 138 valence electrons. The Morgan fingerprint density at radius 3 is 2.40 bits per heavy atom. The largest absolute Gasteiger partial charge is 0.417 e. The van der Waals surface area contributed by atoms with Gasteiger partial charge in [-0.15, -0.1) is 0 Å². The van der Waals surface area contributed by atoms with Crippen LogP contribution in [0.2, 0.25) is 18.1 Å². The predicted molar refractivity (Wildman–Crippen MR) is 107 cm³/mol. The van der Waals surface area contributed by atoms with Gasteiger partial charge >= 0.3 is 0 Å². The molecule has 0 saturated heterocycles. The number of benzene rings is 1. The molecule has 0 aromatic heterocycles. The van der Waals surface area contributed by atoms with Crippen LogP contribution in [0.5, 0.6) is 0 Å². The molecular formula is C20H30O3SSi. The summed E-state index contributed by atoms with van der Waals surface area (Å²) >= 11 is 0. The molecule has 25 heavy (non-hydrogen) atoms. The Hall–Kier alpha value is -1.04. The minimum Gasteiger partial charge on any atom is -0.417 e. The molecule has 0 amide bonds. The maximum atomic E-state index is 12.9. The smallest absolute Gasteiger partial charge is 0.191 e. The quantitative estimate of drug-likeness (QED) is 0.386. The summed E-state index contributed by atoms with van der Waals surface area (Å²) in [6, 6.07) is 9.28. The third-order valence-corrected chi connectivity index (χ3v) is 12.0. The van der Waals surface area contributed by atoms with E-state index >= 15 is 0 Å². The highest BCUT2D eigenvalue weighted by Crippen LogP contribution is 2.51. The Labute approximate surface area is 155 Å². The molecule has 5 heteroatoms. The summed E-state index contributed by atoms with van der Waals surface area (Å²) in [7, 11) is -3.07. The molecule has 1 aromatic rings. The van der Waals surface area contributed by atoms with Crippen LogP contribution in [-0.2, 0) is 20.0 Å². The maximum Gasteiger partial charge on any atom is 0.191 e. The average molecular weight is 379 g/mol. The fourth-order valence-corrected chi connectivity index (χ4v) is 5.37. The fraction of sp³-hybridized carbons (Fsp3) is 0.550. The maximum absolute atomic E-state index is 12.9. The van der Waals surface area contributed by atoms with Crippen LogP contribution in [0.3, 0.4) is 0 Å². The Morgan fingerprint density at radius 1 is 1.28 bits per heavy atom. The molecule has 1 aromatic carbocycles. The van der Waals surface area contributed by atoms with Gasteiger partial charge in [-0.1, -0.05) is 45.0 Å². The van der Waals surface area contributed by atoms with Gasteiger partial charge in [0.05, 0.1) is 10.8 Å². The molecule has 1 saturated carbocycles. The summed E-state index contributed by atoms with van der Waals surface area (Å²) in [4.78, 5) is 12.9. The monoisotopic (exact) mass is 378 g/mol. The van der Waals surface area contributed by atoms with E-state index in [0.717, 1.165) is 16.9 Å². The first-order chi connectivity index (χ1) is 11.5. The van der Waals surface area contributed by atoms with Crippen molar-refractivity contribution >= 4 is 24.9 Å². The first-order valence-corrected chi connectivity index (χ1v) is 12.9. The van der Waals surface area contributed by atoms with E-state index in [1.807, 2.05) is 30.3 Å². The van der Waals surface area contributed by atoms with E-state index in [-0.39, 0.29) is 10.8 Å². The number of Topliss-reactive ketones (excluding diaryl/α,β-unsaturated/α-hetero) is 1. The third-order valence-electron chi connectivity index (χ3n) is 5.45. The highest BCUT2D eigenvalue weighted by molar-refractivity contribution is 7.88. The lowest BCUT2D eigenvalue weighted by Crippen LogP contribution is -2.40. The van der Waals surface area contributed by atoms with E-state index in [1.165, 1.54) is 0 Å². The lowest BCUT2D eigenvalue weighted by atomic mass is 10.2. The SMILES string of the molecule is CC(=O)C1(S(=O)c2ccccc2)C/C1=C\CCO[Si](C)(C)C(C)(C)C. The van der Waals surface area contributed by atoms with Gasteiger partial charge in [0.15, 0.2) is 14.1 Å². The van der Waals surface area contributed by atoms with Crippen LogP contribution in [0.15, 0.2) is 46.9 Å². The van der Waals surface area contributed by atoms with Crippen molar-refractivity contribution in [2.24, 2.45) is 0 Å². The Kier molecular flexibility index (Phi) is 5.91. The van der Waals surface area contributed by atoms with Crippen LogP contribution in [0.1, 0.15) is 40.5 Å². The first-order valence-electron chi connectivity index (χ1n) is 8.84. The van der Waals surface area contributed by atoms with E-state index in [2.05, 4.69) is 39.9 Å². The summed E-state index contributed by atoms with van der Waals surface area (Å²) in [6.45, 7) is 13.4. The van der Waals surface area contributed by atoms with Crippen molar-refractivity contribution in [3.8, 4) is 0 Å². The van der Waals surface area contributed by atoms with Gasteiger partial charge in [0, 0.05) is 11.5 Å². The van der Waals surface area contributed by atoms with Crippen LogP contribution < -0.4 is 0 Å². The normalized spacial score (nSPS) is 23.5. The van der Waals surface area contributed by atoms with Crippen molar-refractivity contribution in [2.75, 3.05) is 6.61 Å². The second kappa shape index (κ2) is 7.29. The van der Waals surface area contributed by atoms with Crippen LogP contribution in [0.4, 0.5) is 0 Å². The van der Waals surface area contributed by atoms with Crippen molar-refractivity contribution in [2.45, 2.75) is 68.3 Å². The van der Waals surface area contributed by atoms with E-state index in [0.29, 0.717) is 13.0 Å². The Morgan fingerprint density at radius 2 is 1.88 bits per heavy atom. The van der Waals surface area contributed by atoms with Gasteiger partial charge in [-0.05, 0) is 55.6 Å². The molecule has 1 fully saturated rings. The standard InChI is InChI=1S/C20H30O3SSi/c1-16(21)20(24(22)18-12-8-7-9-13-18)15-17(20)11-10-14-23-25(5,6)19(2,3)4/h7-9,11-13H,10,14-15H2,1-6H3/b17-11+. The molecule has 1 aliphatic rings. The molecule has 0 radical (unpaired) electrons. The lowest BCUT2D eigenvalue weighted by molar-refractivity contribution is -0.116. The van der Waals surface area contributed by atoms with Crippen molar-refractivity contribution in [3.05, 3.63) is 42.0 Å². The molecule has 0 N–H and O–H groups in total. The minimum atomic E-state index is -1.74. The summed E-state index contributed by atoms with van der Waals surface area (Å²) in [5.74, 6) is -0.00810. The van der Waals surface area contributed by atoms with Crippen molar-refractivity contribution in [1.29, 1.82) is 0 Å². The highest BCUT2D eigenvalue weighted by atomic mass is 32.2. The summed E-state index contributed by atoms with van der Waals surface area (Å²) < 4.78 is 18.3. The van der Waals surface area contributed by atoms with Crippen LogP contribution >= 0.6 is 0 Å². The molecule has 2 rings (SSSR count). The zero-order valence-corrected chi connectivity index (χ0v) is 18.0. The molecule has 3 nitrogen and oxygen atoms in total. The van der Waals surface area contributed by atoms with Crippen molar-refractivity contribution in [1.82, 2.24) is 0 Å². The Balaban J connectivity index is 2.03. The fourth-order valence-electron chi connectivity index (χ4n) is 2.64. The molecule has 0 heterocycles. The van der Waals surface area contributed by atoms with E-state index < -0.39 is 23.9 Å². The molecule has 0 aliphatic heterocycles. The number of hydrogen-bond acceptors (Lipinski definition) is 3. The summed E-state index contributed by atoms with van der Waals surface area (Å²) in [6.07, 6.45) is 3.43. The number of hydrogen-bond donors (Lipinski definition) is 0. The summed E-state index contributed by atoms with van der Waals surface area (Å²) in [5, 5.41) is 0.192. The number of ketones is 1. The Bertz CT molecular complexity index is 689. The number of rotatable bonds is 7. The zero-order valence-electron chi connectivity index (χ0n) is 16.2. The van der Waals surface area contributed by atoms with Crippen LogP contribution in [-0.4, -0.2) is 29.7 Å². The van der Waals surface area contributed by atoms with Gasteiger partial charge in [0.1, 0.15) is 4.75 Å². The van der Waals surface area contributed by atoms with Gasteiger partial charge in [0.25, 0.3) is 0 Å². The molecule has 0 bridgehead atoms. The van der Waals surface area contributed by atoms with Crippen LogP contribution in [0.25, 0.3) is 0 Å². The van der Waals surface area contributed by atoms with Gasteiger partial charge in [0.2, 0.25) is 0 Å². The van der Waals surface area contributed by atoms with Gasteiger partial charge in [-0.3, -0.25) is 9.00 Å². The third kappa shape index (κ3) is 4.21. The first kappa shape index (κ1) is 20.3. The number of carbonyl (C=O) groups excluding carboxylic acids is 1. The van der Waals surface area contributed by atoms with E-state index in [4.69, 9.17) is 4.43 Å². The van der Waals surface area contributed by atoms with Crippen LogP contribution in [0, 0.1) is 0 Å². The predicted octanol–water partition coefficient (Wildman–Crippen LogP) is 4.86. The average Bonchev–Trinajstić information content (AvgIpc) is 3.26. The van der Waals surface area contributed by atoms with Gasteiger partial charge < -0.3 is 4.43 Å². The number of carbonyl (C=O) groups is 1. The van der Waals surface area contributed by atoms with Crippen molar-refractivity contribution < 1.29 is 13.4 Å². The molecule has 0 spiro atoms. The van der Waals surface area contributed by atoms with Gasteiger partial charge in [-0.2, -0.15) is 0 Å². The summed E-state index contributed by atoms with van der Waals surface area (Å²) in [5.41, 5.74) is 1.00. The minimum absolute atomic E-state index is 0.00810. The topological polar surface area (TPSA) is 43.4 Å². The van der Waals surface area contributed by atoms with E-state index in [9.17, 15) is 9.00 Å². The second-order valence-corrected chi connectivity index (χ2v) is 14.8. The molecular weight excluding hydrogens is 348 g/mol. The molecule has 2 unspecified atom stereocenters. The second-order valence-electron chi connectivity index (χ2n) is 8.27. The zero-order chi connectivity index (χ0) is 18.9.